The van der Waals surface area contributed by atoms with Crippen molar-refractivity contribution in [1.29, 1.82) is 0 Å². The molecule has 1 fully saturated rings. The first-order valence-electron chi connectivity index (χ1n) is 8.49. The number of ether oxygens (including phenoxy) is 1. The maximum Gasteiger partial charge on any atom is 0.410 e. The number of anilines is 1. The number of amides is 1. The van der Waals surface area contributed by atoms with Crippen LogP contribution in [0.2, 0.25) is 0 Å². The molecule has 2 aromatic rings. The van der Waals surface area contributed by atoms with Crippen LogP contribution in [0, 0.1) is 5.92 Å². The molecule has 0 radical (unpaired) electrons. The van der Waals surface area contributed by atoms with Crippen LogP contribution in [0.4, 0.5) is 10.5 Å². The molecular weight excluding hydrogens is 300 g/mol. The van der Waals surface area contributed by atoms with Gasteiger partial charge < -0.3 is 15.0 Å². The van der Waals surface area contributed by atoms with Crippen LogP contribution in [0.3, 0.4) is 0 Å². The Morgan fingerprint density at radius 3 is 2.46 bits per heavy atom. The van der Waals surface area contributed by atoms with Gasteiger partial charge in [0.25, 0.3) is 0 Å². The summed E-state index contributed by atoms with van der Waals surface area (Å²) in [5, 5.41) is 3.57. The molecule has 0 unspecified atom stereocenters. The Balaban J connectivity index is 1.48. The summed E-state index contributed by atoms with van der Waals surface area (Å²) in [5.41, 5.74) is 2.15. The largest absolute Gasteiger partial charge is 0.445 e. The lowest BCUT2D eigenvalue weighted by Crippen LogP contribution is -2.47. The Labute approximate surface area is 143 Å². The molecule has 1 amide bonds. The van der Waals surface area contributed by atoms with Crippen LogP contribution >= 0.6 is 0 Å². The van der Waals surface area contributed by atoms with E-state index in [1.165, 1.54) is 0 Å². The van der Waals surface area contributed by atoms with Crippen molar-refractivity contribution < 1.29 is 9.53 Å². The Hall–Kier alpha value is -2.49. The van der Waals surface area contributed by atoms with E-state index in [-0.39, 0.29) is 6.09 Å². The minimum absolute atomic E-state index is 0.219. The fourth-order valence-electron chi connectivity index (χ4n) is 3.08. The molecule has 4 heteroatoms. The van der Waals surface area contributed by atoms with E-state index in [2.05, 4.69) is 24.4 Å². The fraction of sp³-hybridized carbons (Fsp3) is 0.350. The lowest BCUT2D eigenvalue weighted by Gasteiger charge is -2.37. The maximum absolute atomic E-state index is 12.3. The molecule has 0 bridgehead atoms. The molecule has 1 N–H and O–H groups in total. The van der Waals surface area contributed by atoms with Crippen molar-refractivity contribution in [1.82, 2.24) is 4.90 Å². The number of para-hydroxylation sites is 1. The van der Waals surface area contributed by atoms with Gasteiger partial charge in [0.05, 0.1) is 0 Å². The first-order chi connectivity index (χ1) is 11.7. The zero-order chi connectivity index (χ0) is 16.8. The molecule has 24 heavy (non-hydrogen) atoms. The molecule has 1 aliphatic heterocycles. The third-order valence-electron chi connectivity index (χ3n) is 4.49. The standard InChI is InChI=1S/C20H24N2O2/c1-16-14-22(20(23)24-15-17-8-4-2-5-9-17)13-12-19(16)21-18-10-6-3-7-11-18/h2-11,16,19,21H,12-15H2,1H3/t16-,19+/m1/s1. The number of carbonyl (C=O) groups is 1. The molecule has 2 atom stereocenters. The quantitative estimate of drug-likeness (QED) is 0.919. The zero-order valence-corrected chi connectivity index (χ0v) is 14.0. The highest BCUT2D eigenvalue weighted by molar-refractivity contribution is 5.67. The topological polar surface area (TPSA) is 41.6 Å². The summed E-state index contributed by atoms with van der Waals surface area (Å²) in [5.74, 6) is 0.378. The Morgan fingerprint density at radius 2 is 1.79 bits per heavy atom. The molecule has 2 aromatic carbocycles. The van der Waals surface area contributed by atoms with Gasteiger partial charge in [-0.3, -0.25) is 0 Å². The second-order valence-corrected chi connectivity index (χ2v) is 6.37. The fourth-order valence-corrected chi connectivity index (χ4v) is 3.08. The molecule has 1 saturated heterocycles. The number of hydrogen-bond donors (Lipinski definition) is 1. The first-order valence-corrected chi connectivity index (χ1v) is 8.49. The number of benzene rings is 2. The van der Waals surface area contributed by atoms with Crippen molar-refractivity contribution in [2.75, 3.05) is 18.4 Å². The predicted octanol–water partition coefficient (Wildman–Crippen LogP) is 4.15. The predicted molar refractivity (Wildman–Crippen MR) is 95.8 cm³/mol. The second kappa shape index (κ2) is 7.86. The van der Waals surface area contributed by atoms with E-state index in [4.69, 9.17) is 4.74 Å². The number of rotatable bonds is 4. The van der Waals surface area contributed by atoms with E-state index >= 15 is 0 Å². The van der Waals surface area contributed by atoms with Gasteiger partial charge in [-0.05, 0) is 30.0 Å². The minimum atomic E-state index is -0.219. The van der Waals surface area contributed by atoms with Crippen molar-refractivity contribution in [2.45, 2.75) is 26.0 Å². The monoisotopic (exact) mass is 324 g/mol. The molecule has 1 heterocycles. The summed E-state index contributed by atoms with van der Waals surface area (Å²) in [7, 11) is 0. The first kappa shape index (κ1) is 16.4. The lowest BCUT2D eigenvalue weighted by atomic mass is 9.94. The average molecular weight is 324 g/mol. The number of hydrogen-bond acceptors (Lipinski definition) is 3. The molecule has 4 nitrogen and oxygen atoms in total. The van der Waals surface area contributed by atoms with Crippen LogP contribution in [0.15, 0.2) is 60.7 Å². The Bertz CT molecular complexity index is 645. The van der Waals surface area contributed by atoms with Crippen LogP contribution < -0.4 is 5.32 Å². The third kappa shape index (κ3) is 4.28. The summed E-state index contributed by atoms with van der Waals surface area (Å²) < 4.78 is 5.44. The van der Waals surface area contributed by atoms with Gasteiger partial charge in [-0.15, -0.1) is 0 Å². The number of nitrogens with one attached hydrogen (secondary N) is 1. The van der Waals surface area contributed by atoms with Crippen molar-refractivity contribution >= 4 is 11.8 Å². The molecule has 0 saturated carbocycles. The molecule has 0 aromatic heterocycles. The number of carbonyl (C=O) groups excluding carboxylic acids is 1. The normalized spacial score (nSPS) is 20.5. The number of likely N-dealkylation sites (tertiary alicyclic amines) is 1. The molecule has 126 valence electrons. The highest BCUT2D eigenvalue weighted by Crippen LogP contribution is 2.22. The van der Waals surface area contributed by atoms with Gasteiger partial charge >= 0.3 is 6.09 Å². The van der Waals surface area contributed by atoms with Gasteiger partial charge in [-0.1, -0.05) is 55.5 Å². The number of nitrogens with zero attached hydrogens (tertiary/aromatic N) is 1. The molecule has 0 aliphatic carbocycles. The van der Waals surface area contributed by atoms with E-state index in [1.54, 1.807) is 0 Å². The van der Waals surface area contributed by atoms with Gasteiger partial charge in [0, 0.05) is 24.8 Å². The summed E-state index contributed by atoms with van der Waals surface area (Å²) in [6.45, 7) is 3.95. The molecule has 1 aliphatic rings. The summed E-state index contributed by atoms with van der Waals surface area (Å²) in [4.78, 5) is 14.1. The van der Waals surface area contributed by atoms with E-state index in [0.717, 1.165) is 30.8 Å². The molecule has 3 rings (SSSR count). The van der Waals surface area contributed by atoms with E-state index in [9.17, 15) is 4.79 Å². The highest BCUT2D eigenvalue weighted by Gasteiger charge is 2.29. The molecular formula is C20H24N2O2. The van der Waals surface area contributed by atoms with Crippen LogP contribution in [-0.4, -0.2) is 30.1 Å². The maximum atomic E-state index is 12.3. The molecule has 0 spiro atoms. The third-order valence-corrected chi connectivity index (χ3v) is 4.49. The van der Waals surface area contributed by atoms with E-state index in [1.807, 2.05) is 53.4 Å². The Morgan fingerprint density at radius 1 is 1.12 bits per heavy atom. The van der Waals surface area contributed by atoms with Gasteiger partial charge in [0.2, 0.25) is 0 Å². The summed E-state index contributed by atoms with van der Waals surface area (Å²) in [6, 6.07) is 20.4. The van der Waals surface area contributed by atoms with Gasteiger partial charge in [0.15, 0.2) is 0 Å². The van der Waals surface area contributed by atoms with Gasteiger partial charge in [-0.25, -0.2) is 4.79 Å². The van der Waals surface area contributed by atoms with E-state index < -0.39 is 0 Å². The van der Waals surface area contributed by atoms with E-state index in [0.29, 0.717) is 18.6 Å². The van der Waals surface area contributed by atoms with Crippen molar-refractivity contribution in [3.05, 3.63) is 66.2 Å². The minimum Gasteiger partial charge on any atom is -0.445 e. The van der Waals surface area contributed by atoms with Crippen molar-refractivity contribution in [3.8, 4) is 0 Å². The van der Waals surface area contributed by atoms with Crippen LogP contribution in [-0.2, 0) is 11.3 Å². The Kier molecular flexibility index (Phi) is 5.36. The highest BCUT2D eigenvalue weighted by atomic mass is 16.6. The van der Waals surface area contributed by atoms with Gasteiger partial charge in [0.1, 0.15) is 6.61 Å². The average Bonchev–Trinajstić information content (AvgIpc) is 2.63. The van der Waals surface area contributed by atoms with Crippen LogP contribution in [0.25, 0.3) is 0 Å². The zero-order valence-electron chi connectivity index (χ0n) is 14.0. The summed E-state index contributed by atoms with van der Waals surface area (Å²) in [6.07, 6.45) is 0.708. The number of piperidine rings is 1. The second-order valence-electron chi connectivity index (χ2n) is 6.37. The SMILES string of the molecule is C[C@@H]1CN(C(=O)OCc2ccccc2)CC[C@@H]1Nc1ccccc1. The van der Waals surface area contributed by atoms with Gasteiger partial charge in [-0.2, -0.15) is 0 Å². The smallest absolute Gasteiger partial charge is 0.410 e. The lowest BCUT2D eigenvalue weighted by molar-refractivity contribution is 0.0787. The van der Waals surface area contributed by atoms with Crippen LogP contribution in [0.5, 0.6) is 0 Å². The van der Waals surface area contributed by atoms with Crippen molar-refractivity contribution in [2.24, 2.45) is 5.92 Å². The summed E-state index contributed by atoms with van der Waals surface area (Å²) >= 11 is 0. The van der Waals surface area contributed by atoms with Crippen molar-refractivity contribution in [3.63, 3.8) is 0 Å². The van der Waals surface area contributed by atoms with Crippen LogP contribution in [0.1, 0.15) is 18.9 Å².